The maximum atomic E-state index is 4.85. The Morgan fingerprint density at radius 3 is 1.44 bits per heavy atom. The summed E-state index contributed by atoms with van der Waals surface area (Å²) in [6, 6.07) is 21.1. The molecule has 0 radical (unpaired) electrons. The molecule has 0 N–H and O–H groups in total. The van der Waals surface area contributed by atoms with Crippen molar-refractivity contribution in [2.45, 2.75) is 0 Å². The second kappa shape index (κ2) is 9.71. The molecule has 0 heterocycles. The van der Waals surface area contributed by atoms with Gasteiger partial charge in [0.15, 0.2) is 0 Å². The van der Waals surface area contributed by atoms with Crippen molar-refractivity contribution in [1.82, 2.24) is 0 Å². The number of halogens is 2. The Bertz CT molecular complexity index is 408. The van der Waals surface area contributed by atoms with E-state index >= 15 is 0 Å². The molecule has 0 fully saturated rings. The Balaban J connectivity index is 0.000000492. The maximum absolute atomic E-state index is 4.85. The van der Waals surface area contributed by atoms with Crippen molar-refractivity contribution in [2.75, 3.05) is 0 Å². The molecule has 0 nitrogen and oxygen atoms in total. The van der Waals surface area contributed by atoms with E-state index in [-0.39, 0.29) is 23.1 Å². The van der Waals surface area contributed by atoms with Crippen LogP contribution in [0.5, 0.6) is 0 Å². The zero-order valence-corrected chi connectivity index (χ0v) is 13.8. The van der Waals surface area contributed by atoms with Crippen LogP contribution in [0.3, 0.4) is 0 Å². The van der Waals surface area contributed by atoms with Gasteiger partial charge in [0.2, 0.25) is 0 Å². The molecule has 18 heavy (non-hydrogen) atoms. The first kappa shape index (κ1) is 15.9. The second-order valence-corrected chi connectivity index (χ2v) is 8.05. The molecule has 96 valence electrons. The number of hydrogen-bond acceptors (Lipinski definition) is 0. The van der Waals surface area contributed by atoms with Crippen LogP contribution >= 0.6 is 27.3 Å². The van der Waals surface area contributed by atoms with Gasteiger partial charge >= 0.3 is 34.5 Å². The van der Waals surface area contributed by atoms with Crippen molar-refractivity contribution in [2.24, 2.45) is 0 Å². The Morgan fingerprint density at radius 1 is 0.833 bits per heavy atom. The third-order valence-corrected chi connectivity index (χ3v) is 4.33. The van der Waals surface area contributed by atoms with Crippen LogP contribution in [0.4, 0.5) is 0 Å². The SMILES string of the molecule is C=CP(c1ccccc1)c1ccccc1.[Cl][Ru][Cl]. The summed E-state index contributed by atoms with van der Waals surface area (Å²) in [7, 11) is 9.32. The average Bonchev–Trinajstić information content (AvgIpc) is 2.43. The van der Waals surface area contributed by atoms with Gasteiger partial charge in [-0.1, -0.05) is 73.1 Å². The van der Waals surface area contributed by atoms with E-state index in [0.29, 0.717) is 0 Å². The van der Waals surface area contributed by atoms with Crippen LogP contribution < -0.4 is 10.6 Å². The second-order valence-electron chi connectivity index (χ2n) is 3.27. The minimum atomic E-state index is -0.385. The van der Waals surface area contributed by atoms with Crippen molar-refractivity contribution in [3.8, 4) is 0 Å². The van der Waals surface area contributed by atoms with Gasteiger partial charge in [-0.2, -0.15) is 0 Å². The molecule has 0 aliphatic rings. The molecule has 0 bridgehead atoms. The van der Waals surface area contributed by atoms with Gasteiger partial charge in [-0.05, 0) is 18.5 Å². The van der Waals surface area contributed by atoms with E-state index in [2.05, 4.69) is 60.9 Å². The van der Waals surface area contributed by atoms with E-state index in [9.17, 15) is 0 Å². The summed E-state index contributed by atoms with van der Waals surface area (Å²) in [5.74, 6) is 2.06. The van der Waals surface area contributed by atoms with Gasteiger partial charge in [0.05, 0.1) is 0 Å². The predicted molar refractivity (Wildman–Crippen MR) is 81.0 cm³/mol. The van der Waals surface area contributed by atoms with Gasteiger partial charge in [-0.15, -0.1) is 0 Å². The summed E-state index contributed by atoms with van der Waals surface area (Å²) in [5.41, 5.74) is 0. The van der Waals surface area contributed by atoms with E-state index in [1.54, 1.807) is 0 Å². The molecule has 0 unspecified atom stereocenters. The molecule has 0 atom stereocenters. The minimum absolute atomic E-state index is 0.346. The number of hydrogen-bond donors (Lipinski definition) is 0. The Morgan fingerprint density at radius 2 is 1.17 bits per heavy atom. The normalized spacial score (nSPS) is 9.72. The first-order chi connectivity index (χ1) is 8.83. The standard InChI is InChI=1S/C14H13P.2ClH.Ru/c1-2-15(13-9-5-3-6-10-13)14-11-7-4-8-12-14;;;/h2-12H,1H2;2*1H;/q;;;+2/p-2. The molecular formula is C14H13Cl2PRu. The van der Waals surface area contributed by atoms with E-state index in [0.717, 1.165) is 0 Å². The number of rotatable bonds is 3. The molecule has 0 saturated heterocycles. The molecule has 4 heteroatoms. The van der Waals surface area contributed by atoms with Crippen LogP contribution in [0.25, 0.3) is 0 Å². The van der Waals surface area contributed by atoms with Crippen molar-refractivity contribution in [3.63, 3.8) is 0 Å². The summed E-state index contributed by atoms with van der Waals surface area (Å²) < 4.78 is 0. The molecule has 2 aromatic carbocycles. The van der Waals surface area contributed by atoms with Crippen LogP contribution in [-0.2, 0) is 15.1 Å². The fraction of sp³-hybridized carbons (Fsp3) is 0. The summed E-state index contributed by atoms with van der Waals surface area (Å²) in [5, 5.41) is 2.71. The third-order valence-electron chi connectivity index (χ3n) is 2.25. The van der Waals surface area contributed by atoms with Gasteiger partial charge in [0, 0.05) is 0 Å². The fourth-order valence-corrected chi connectivity index (χ4v) is 3.24. The zero-order valence-electron chi connectivity index (χ0n) is 9.61. The summed E-state index contributed by atoms with van der Waals surface area (Å²) in [6.45, 7) is 3.94. The Hall–Kier alpha value is -0.187. The average molecular weight is 384 g/mol. The third kappa shape index (κ3) is 5.21. The van der Waals surface area contributed by atoms with Gasteiger partial charge in [0.1, 0.15) is 0 Å². The van der Waals surface area contributed by atoms with Gasteiger partial charge < -0.3 is 0 Å². The first-order valence-electron chi connectivity index (χ1n) is 5.20. The van der Waals surface area contributed by atoms with E-state index in [1.807, 2.05) is 12.1 Å². The monoisotopic (exact) mass is 384 g/mol. The molecule has 0 aliphatic carbocycles. The van der Waals surface area contributed by atoms with Crippen molar-refractivity contribution >= 4 is 37.9 Å². The molecule has 0 amide bonds. The summed E-state index contributed by atoms with van der Waals surface area (Å²) >= 11 is -0.346. The van der Waals surface area contributed by atoms with E-state index in [1.165, 1.54) is 10.6 Å². The van der Waals surface area contributed by atoms with Gasteiger partial charge in [0.25, 0.3) is 0 Å². The van der Waals surface area contributed by atoms with E-state index in [4.69, 9.17) is 19.4 Å². The zero-order chi connectivity index (χ0) is 13.2. The Kier molecular flexibility index (Phi) is 8.56. The Labute approximate surface area is 125 Å². The van der Waals surface area contributed by atoms with Gasteiger partial charge in [-0.3, -0.25) is 0 Å². The van der Waals surface area contributed by atoms with Crippen LogP contribution in [0, 0.1) is 0 Å². The predicted octanol–water partition coefficient (Wildman–Crippen LogP) is 4.64. The molecule has 0 aromatic heterocycles. The first-order valence-corrected chi connectivity index (χ1v) is 11.1. The molecular weight excluding hydrogens is 371 g/mol. The summed E-state index contributed by atoms with van der Waals surface area (Å²) in [4.78, 5) is 0. The van der Waals surface area contributed by atoms with Crippen LogP contribution in [-0.4, -0.2) is 0 Å². The van der Waals surface area contributed by atoms with Crippen LogP contribution in [0.15, 0.2) is 73.1 Å². The van der Waals surface area contributed by atoms with Crippen molar-refractivity contribution in [1.29, 1.82) is 0 Å². The molecule has 0 saturated carbocycles. The molecule has 0 aliphatic heterocycles. The summed E-state index contributed by atoms with van der Waals surface area (Å²) in [6.07, 6.45) is 0. The van der Waals surface area contributed by atoms with Crippen LogP contribution in [0.1, 0.15) is 0 Å². The number of benzene rings is 2. The van der Waals surface area contributed by atoms with E-state index < -0.39 is 0 Å². The topological polar surface area (TPSA) is 0 Å². The molecule has 2 aromatic rings. The fourth-order valence-electron chi connectivity index (χ4n) is 1.54. The van der Waals surface area contributed by atoms with Crippen molar-refractivity contribution < 1.29 is 15.1 Å². The molecule has 2 rings (SSSR count). The van der Waals surface area contributed by atoms with Crippen molar-refractivity contribution in [3.05, 3.63) is 73.1 Å². The van der Waals surface area contributed by atoms with Gasteiger partial charge in [-0.25, -0.2) is 0 Å². The molecule has 0 spiro atoms. The van der Waals surface area contributed by atoms with Crippen LogP contribution in [0.2, 0.25) is 0 Å². The quantitative estimate of drug-likeness (QED) is 0.535.